The van der Waals surface area contributed by atoms with Crippen molar-refractivity contribution < 1.29 is 13.5 Å². The third-order valence-electron chi connectivity index (χ3n) is 4.07. The summed E-state index contributed by atoms with van der Waals surface area (Å²) in [6.45, 7) is 2.03. The van der Waals surface area contributed by atoms with Crippen LogP contribution in [-0.4, -0.2) is 43.6 Å². The van der Waals surface area contributed by atoms with Crippen molar-refractivity contribution in [3.05, 3.63) is 24.3 Å². The summed E-state index contributed by atoms with van der Waals surface area (Å²) in [6.07, 6.45) is 3.03. The molecule has 2 heterocycles. The zero-order valence-corrected chi connectivity index (χ0v) is 11.4. The second kappa shape index (κ2) is 4.77. The van der Waals surface area contributed by atoms with Gasteiger partial charge in [0.25, 0.3) is 0 Å². The summed E-state index contributed by atoms with van der Waals surface area (Å²) in [5.41, 5.74) is 0. The predicted octanol–water partition coefficient (Wildman–Crippen LogP) is 0.907. The van der Waals surface area contributed by atoms with Gasteiger partial charge in [-0.25, -0.2) is 13.1 Å². The third kappa shape index (κ3) is 2.35. The summed E-state index contributed by atoms with van der Waals surface area (Å²) < 4.78 is 27.4. The summed E-state index contributed by atoms with van der Waals surface area (Å²) in [5, 5.41) is 9.68. The molecular weight excluding hydrogens is 264 g/mol. The highest BCUT2D eigenvalue weighted by Gasteiger charge is 2.39. The average Bonchev–Trinajstić information content (AvgIpc) is 2.94. The monoisotopic (exact) mass is 282 g/mol. The number of sulfonamides is 1. The quantitative estimate of drug-likeness (QED) is 0.864. The number of nitrogens with one attached hydrogen (secondary N) is 1. The molecule has 0 bridgehead atoms. The molecule has 19 heavy (non-hydrogen) atoms. The molecule has 2 fully saturated rings. The normalized spacial score (nSPS) is 27.6. The molecular formula is C13H18N2O3S. The Bertz CT molecular complexity index is 573. The van der Waals surface area contributed by atoms with E-state index >= 15 is 0 Å². The lowest BCUT2D eigenvalue weighted by molar-refractivity contribution is 0.308. The SMILES string of the molecule is O=S(=O)(NC1CCN2CCCC12)c1ccccc1O. The Morgan fingerprint density at radius 2 is 2.00 bits per heavy atom. The maximum Gasteiger partial charge on any atom is 0.244 e. The molecule has 2 saturated heterocycles. The molecule has 1 aromatic rings. The number of fused-ring (bicyclic) bond motifs is 1. The number of para-hydroxylation sites is 1. The second-order valence-electron chi connectivity index (χ2n) is 5.23. The first kappa shape index (κ1) is 12.9. The molecule has 1 aromatic carbocycles. The number of nitrogens with zero attached hydrogens (tertiary/aromatic N) is 1. The molecule has 2 aliphatic heterocycles. The number of phenolic OH excluding ortho intramolecular Hbond substituents is 1. The molecule has 3 rings (SSSR count). The summed E-state index contributed by atoms with van der Waals surface area (Å²) in [6, 6.07) is 6.34. The Morgan fingerprint density at radius 1 is 1.21 bits per heavy atom. The van der Waals surface area contributed by atoms with Crippen LogP contribution in [-0.2, 0) is 10.0 Å². The molecule has 2 unspecified atom stereocenters. The first-order valence-corrected chi connectivity index (χ1v) is 8.10. The van der Waals surface area contributed by atoms with Gasteiger partial charge in [0.1, 0.15) is 10.6 Å². The number of benzene rings is 1. The number of phenols is 1. The third-order valence-corrected chi connectivity index (χ3v) is 5.60. The molecule has 0 amide bonds. The average molecular weight is 282 g/mol. The molecule has 2 N–H and O–H groups in total. The van der Waals surface area contributed by atoms with E-state index in [1.807, 2.05) is 0 Å². The molecule has 2 aliphatic rings. The van der Waals surface area contributed by atoms with E-state index in [0.29, 0.717) is 6.04 Å². The van der Waals surface area contributed by atoms with Crippen LogP contribution in [0.25, 0.3) is 0 Å². The van der Waals surface area contributed by atoms with Crippen molar-refractivity contribution >= 4 is 10.0 Å². The molecule has 0 radical (unpaired) electrons. The molecule has 5 nitrogen and oxygen atoms in total. The number of aromatic hydroxyl groups is 1. The van der Waals surface area contributed by atoms with Crippen LogP contribution < -0.4 is 4.72 Å². The van der Waals surface area contributed by atoms with Gasteiger partial charge in [-0.1, -0.05) is 12.1 Å². The lowest BCUT2D eigenvalue weighted by Gasteiger charge is -2.21. The van der Waals surface area contributed by atoms with Gasteiger partial charge in [0.2, 0.25) is 10.0 Å². The fraction of sp³-hybridized carbons (Fsp3) is 0.538. The van der Waals surface area contributed by atoms with E-state index in [9.17, 15) is 13.5 Å². The maximum absolute atomic E-state index is 12.3. The smallest absolute Gasteiger partial charge is 0.244 e. The first-order valence-electron chi connectivity index (χ1n) is 6.62. The van der Waals surface area contributed by atoms with E-state index in [1.165, 1.54) is 12.1 Å². The van der Waals surface area contributed by atoms with Crippen molar-refractivity contribution in [2.45, 2.75) is 36.2 Å². The van der Waals surface area contributed by atoms with Gasteiger partial charge < -0.3 is 5.11 Å². The van der Waals surface area contributed by atoms with Crippen molar-refractivity contribution in [2.75, 3.05) is 13.1 Å². The minimum absolute atomic E-state index is 0.0351. The Morgan fingerprint density at radius 3 is 2.79 bits per heavy atom. The standard InChI is InChI=1S/C13H18N2O3S/c16-12-5-1-2-6-13(12)19(17,18)14-10-7-9-15-8-3-4-11(10)15/h1-2,5-6,10-11,14,16H,3-4,7-9H2. The van der Waals surface area contributed by atoms with Gasteiger partial charge in [-0.2, -0.15) is 0 Å². The van der Waals surface area contributed by atoms with Crippen molar-refractivity contribution in [1.82, 2.24) is 9.62 Å². The van der Waals surface area contributed by atoms with E-state index in [2.05, 4.69) is 9.62 Å². The van der Waals surface area contributed by atoms with Crippen LogP contribution in [0.1, 0.15) is 19.3 Å². The minimum atomic E-state index is -3.64. The molecule has 6 heteroatoms. The zero-order valence-electron chi connectivity index (χ0n) is 10.6. The molecule has 2 atom stereocenters. The van der Waals surface area contributed by atoms with Crippen LogP contribution in [0.15, 0.2) is 29.2 Å². The van der Waals surface area contributed by atoms with Gasteiger partial charge in [0.05, 0.1) is 0 Å². The predicted molar refractivity (Wildman–Crippen MR) is 71.4 cm³/mol. The molecule has 104 valence electrons. The van der Waals surface area contributed by atoms with Crippen molar-refractivity contribution in [1.29, 1.82) is 0 Å². The molecule has 0 aliphatic carbocycles. The van der Waals surface area contributed by atoms with Crippen molar-refractivity contribution in [3.63, 3.8) is 0 Å². The number of hydrogen-bond donors (Lipinski definition) is 2. The highest BCUT2D eigenvalue weighted by Crippen LogP contribution is 2.30. The van der Waals surface area contributed by atoms with Crippen LogP contribution >= 0.6 is 0 Å². The summed E-state index contributed by atoms with van der Waals surface area (Å²) in [5.74, 6) is -0.198. The fourth-order valence-electron chi connectivity index (χ4n) is 3.17. The highest BCUT2D eigenvalue weighted by molar-refractivity contribution is 7.89. The fourth-order valence-corrected chi connectivity index (χ4v) is 4.57. The van der Waals surface area contributed by atoms with Gasteiger partial charge in [-0.15, -0.1) is 0 Å². The number of hydrogen-bond acceptors (Lipinski definition) is 4. The van der Waals surface area contributed by atoms with Gasteiger partial charge in [0, 0.05) is 18.6 Å². The van der Waals surface area contributed by atoms with E-state index < -0.39 is 10.0 Å². The molecule has 0 spiro atoms. The largest absolute Gasteiger partial charge is 0.507 e. The van der Waals surface area contributed by atoms with E-state index in [4.69, 9.17) is 0 Å². The van der Waals surface area contributed by atoms with Gasteiger partial charge >= 0.3 is 0 Å². The van der Waals surface area contributed by atoms with E-state index in [1.54, 1.807) is 12.1 Å². The summed E-state index contributed by atoms with van der Waals surface area (Å²) in [7, 11) is -3.64. The zero-order chi connectivity index (χ0) is 13.5. The Hall–Kier alpha value is -1.11. The van der Waals surface area contributed by atoms with Crippen molar-refractivity contribution in [2.24, 2.45) is 0 Å². The lowest BCUT2D eigenvalue weighted by Crippen LogP contribution is -2.42. The Kier molecular flexibility index (Phi) is 3.24. The van der Waals surface area contributed by atoms with Crippen LogP contribution in [0.3, 0.4) is 0 Å². The number of rotatable bonds is 3. The van der Waals surface area contributed by atoms with Gasteiger partial charge in [-0.3, -0.25) is 4.90 Å². The van der Waals surface area contributed by atoms with Gasteiger partial charge in [0.15, 0.2) is 0 Å². The van der Waals surface area contributed by atoms with E-state index in [0.717, 1.165) is 32.4 Å². The van der Waals surface area contributed by atoms with Crippen molar-refractivity contribution in [3.8, 4) is 5.75 Å². The van der Waals surface area contributed by atoms with Crippen LogP contribution in [0, 0.1) is 0 Å². The van der Waals surface area contributed by atoms with Gasteiger partial charge in [-0.05, 0) is 37.9 Å². The second-order valence-corrected chi connectivity index (χ2v) is 6.91. The van der Waals surface area contributed by atoms with Crippen LogP contribution in [0.5, 0.6) is 5.75 Å². The highest BCUT2D eigenvalue weighted by atomic mass is 32.2. The molecule has 0 aromatic heterocycles. The Balaban J connectivity index is 1.81. The Labute approximate surface area is 113 Å². The van der Waals surface area contributed by atoms with E-state index in [-0.39, 0.29) is 16.7 Å². The lowest BCUT2D eigenvalue weighted by atomic mass is 10.1. The first-order chi connectivity index (χ1) is 9.08. The van der Waals surface area contributed by atoms with Crippen LogP contribution in [0.2, 0.25) is 0 Å². The minimum Gasteiger partial charge on any atom is -0.507 e. The topological polar surface area (TPSA) is 69.6 Å². The summed E-state index contributed by atoms with van der Waals surface area (Å²) >= 11 is 0. The summed E-state index contributed by atoms with van der Waals surface area (Å²) in [4.78, 5) is 2.31. The maximum atomic E-state index is 12.3. The molecule has 0 saturated carbocycles. The van der Waals surface area contributed by atoms with Crippen LogP contribution in [0.4, 0.5) is 0 Å².